The number of allylic oxidation sites excluding steroid dienone is 1. The van der Waals surface area contributed by atoms with Crippen LogP contribution < -0.4 is 9.47 Å². The second kappa shape index (κ2) is 9.46. The van der Waals surface area contributed by atoms with Crippen molar-refractivity contribution in [3.05, 3.63) is 131 Å². The lowest BCUT2D eigenvalue weighted by Crippen LogP contribution is -1.99. The molecule has 33 heavy (non-hydrogen) atoms. The van der Waals surface area contributed by atoms with Crippen molar-refractivity contribution < 1.29 is 9.47 Å². The predicted octanol–water partition coefficient (Wildman–Crippen LogP) is 7.11. The number of aryl methyl sites for hydroxylation is 2. The highest BCUT2D eigenvalue weighted by atomic mass is 16.5. The van der Waals surface area contributed by atoms with Crippen molar-refractivity contribution in [1.29, 1.82) is 5.26 Å². The van der Waals surface area contributed by atoms with Crippen LogP contribution in [0.3, 0.4) is 0 Å². The second-order valence-corrected chi connectivity index (χ2v) is 8.01. The topological polar surface area (TPSA) is 42.2 Å². The smallest absolute Gasteiger partial charge is 0.131 e. The van der Waals surface area contributed by atoms with E-state index in [1.54, 1.807) is 6.08 Å². The van der Waals surface area contributed by atoms with Crippen molar-refractivity contribution in [2.75, 3.05) is 0 Å². The minimum atomic E-state index is 0.465. The fourth-order valence-electron chi connectivity index (χ4n) is 4.26. The molecule has 0 saturated carbocycles. The number of nitrogens with zero attached hydrogens (tertiary/aromatic N) is 1. The molecule has 0 amide bonds. The molecule has 160 valence electrons. The molecule has 0 radical (unpaired) electrons. The summed E-state index contributed by atoms with van der Waals surface area (Å²) < 4.78 is 12.0. The standard InChI is InChI=1S/C30H23NO2/c31-18-17-30-28-12-5-4-7-23(28)14-15-24-19-22(13-16-29(24)30)21-32-26-10-6-11-27(20-26)33-25-8-2-1-3-9-25/h1-13,16-17,19-20H,14-15,21H2/b30-17+. The van der Waals surface area contributed by atoms with Crippen LogP contribution in [0, 0.1) is 11.3 Å². The van der Waals surface area contributed by atoms with Crippen LogP contribution in [0.15, 0.2) is 103 Å². The highest BCUT2D eigenvalue weighted by Gasteiger charge is 2.18. The van der Waals surface area contributed by atoms with Crippen LogP contribution in [0.5, 0.6) is 17.2 Å². The largest absolute Gasteiger partial charge is 0.489 e. The summed E-state index contributed by atoms with van der Waals surface area (Å²) >= 11 is 0. The summed E-state index contributed by atoms with van der Waals surface area (Å²) in [6.45, 7) is 0.465. The molecule has 0 spiro atoms. The summed E-state index contributed by atoms with van der Waals surface area (Å²) in [5.41, 5.74) is 6.91. The second-order valence-electron chi connectivity index (χ2n) is 8.01. The number of hydrogen-bond donors (Lipinski definition) is 0. The predicted molar refractivity (Wildman–Crippen MR) is 130 cm³/mol. The number of fused-ring (bicyclic) bond motifs is 2. The van der Waals surface area contributed by atoms with E-state index in [-0.39, 0.29) is 0 Å². The third-order valence-electron chi connectivity index (χ3n) is 5.83. The highest BCUT2D eigenvalue weighted by molar-refractivity contribution is 5.85. The third kappa shape index (κ3) is 4.66. The van der Waals surface area contributed by atoms with Gasteiger partial charge in [0.15, 0.2) is 0 Å². The SMILES string of the molecule is N#C/C=C1\c2ccccc2CCc2cc(COc3cccc(Oc4ccccc4)c3)ccc21. The fourth-order valence-corrected chi connectivity index (χ4v) is 4.26. The lowest BCUT2D eigenvalue weighted by molar-refractivity contribution is 0.304. The quantitative estimate of drug-likeness (QED) is 0.317. The van der Waals surface area contributed by atoms with Gasteiger partial charge in [-0.1, -0.05) is 66.7 Å². The first-order valence-electron chi connectivity index (χ1n) is 11.1. The summed E-state index contributed by atoms with van der Waals surface area (Å²) in [4.78, 5) is 0. The van der Waals surface area contributed by atoms with Crippen LogP contribution in [0.4, 0.5) is 0 Å². The van der Waals surface area contributed by atoms with Gasteiger partial charge < -0.3 is 9.47 Å². The van der Waals surface area contributed by atoms with Gasteiger partial charge in [0, 0.05) is 12.1 Å². The summed E-state index contributed by atoms with van der Waals surface area (Å²) in [5, 5.41) is 9.39. The molecule has 3 heteroatoms. The van der Waals surface area contributed by atoms with Crippen molar-refractivity contribution in [3.63, 3.8) is 0 Å². The van der Waals surface area contributed by atoms with Crippen molar-refractivity contribution in [2.45, 2.75) is 19.4 Å². The number of ether oxygens (including phenoxy) is 2. The molecule has 0 saturated heterocycles. The van der Waals surface area contributed by atoms with E-state index in [0.717, 1.165) is 52.4 Å². The molecule has 0 unspecified atom stereocenters. The van der Waals surface area contributed by atoms with E-state index in [2.05, 4.69) is 42.5 Å². The van der Waals surface area contributed by atoms with Gasteiger partial charge in [0.05, 0.1) is 6.07 Å². The maximum Gasteiger partial charge on any atom is 0.131 e. The van der Waals surface area contributed by atoms with Crippen molar-refractivity contribution in [2.24, 2.45) is 0 Å². The van der Waals surface area contributed by atoms with Crippen LogP contribution in [-0.4, -0.2) is 0 Å². The van der Waals surface area contributed by atoms with E-state index >= 15 is 0 Å². The number of benzene rings is 4. The van der Waals surface area contributed by atoms with Gasteiger partial charge in [0.2, 0.25) is 0 Å². The molecule has 5 rings (SSSR count). The van der Waals surface area contributed by atoms with Crippen molar-refractivity contribution >= 4 is 5.57 Å². The van der Waals surface area contributed by atoms with Gasteiger partial charge in [0.25, 0.3) is 0 Å². The molecule has 0 aliphatic heterocycles. The zero-order chi connectivity index (χ0) is 22.5. The molecule has 0 N–H and O–H groups in total. The maximum atomic E-state index is 9.39. The third-order valence-corrected chi connectivity index (χ3v) is 5.83. The molecule has 0 atom stereocenters. The van der Waals surface area contributed by atoms with Gasteiger partial charge in [-0.2, -0.15) is 5.26 Å². The molecule has 1 aliphatic rings. The molecule has 0 bridgehead atoms. The zero-order valence-electron chi connectivity index (χ0n) is 18.2. The van der Waals surface area contributed by atoms with E-state index < -0.39 is 0 Å². The van der Waals surface area contributed by atoms with Gasteiger partial charge in [-0.15, -0.1) is 0 Å². The highest BCUT2D eigenvalue weighted by Crippen LogP contribution is 2.34. The molecular formula is C30H23NO2. The number of nitriles is 1. The summed E-state index contributed by atoms with van der Waals surface area (Å²) in [6.07, 6.45) is 3.55. The van der Waals surface area contributed by atoms with Crippen molar-refractivity contribution in [1.82, 2.24) is 0 Å². The Hall–Kier alpha value is -4.29. The molecule has 0 heterocycles. The molecule has 3 nitrogen and oxygen atoms in total. The average Bonchev–Trinajstić information content (AvgIpc) is 3.01. The van der Waals surface area contributed by atoms with E-state index in [1.807, 2.05) is 60.7 Å². The van der Waals surface area contributed by atoms with Gasteiger partial charge in [0.1, 0.15) is 23.9 Å². The average molecular weight is 430 g/mol. The minimum absolute atomic E-state index is 0.465. The Bertz CT molecular complexity index is 1350. The van der Waals surface area contributed by atoms with Crippen LogP contribution in [-0.2, 0) is 19.4 Å². The first-order chi connectivity index (χ1) is 16.3. The maximum absolute atomic E-state index is 9.39. The van der Waals surface area contributed by atoms with Gasteiger partial charge >= 0.3 is 0 Å². The molecule has 0 aromatic heterocycles. The summed E-state index contributed by atoms with van der Waals surface area (Å²) in [7, 11) is 0. The molecule has 0 fully saturated rings. The number of hydrogen-bond acceptors (Lipinski definition) is 3. The van der Waals surface area contributed by atoms with E-state index in [0.29, 0.717) is 6.61 Å². The lowest BCUT2D eigenvalue weighted by Gasteiger charge is -2.13. The molecular weight excluding hydrogens is 406 g/mol. The number of rotatable bonds is 5. The lowest BCUT2D eigenvalue weighted by atomic mass is 9.93. The van der Waals surface area contributed by atoms with Gasteiger partial charge in [-0.25, -0.2) is 0 Å². The summed E-state index contributed by atoms with van der Waals surface area (Å²) in [6, 6.07) is 34.4. The normalized spacial score (nSPS) is 13.4. The van der Waals surface area contributed by atoms with E-state index in [9.17, 15) is 5.26 Å². The Morgan fingerprint density at radius 3 is 2.30 bits per heavy atom. The van der Waals surface area contributed by atoms with Crippen molar-refractivity contribution in [3.8, 4) is 23.3 Å². The van der Waals surface area contributed by atoms with Gasteiger partial charge in [-0.3, -0.25) is 0 Å². The van der Waals surface area contributed by atoms with E-state index in [1.165, 1.54) is 11.1 Å². The van der Waals surface area contributed by atoms with E-state index in [4.69, 9.17) is 9.47 Å². The zero-order valence-corrected chi connectivity index (χ0v) is 18.2. The van der Waals surface area contributed by atoms with Crippen LogP contribution in [0.1, 0.15) is 27.8 Å². The first-order valence-corrected chi connectivity index (χ1v) is 11.1. The fraction of sp³-hybridized carbons (Fsp3) is 0.100. The Balaban J connectivity index is 1.34. The van der Waals surface area contributed by atoms with Crippen LogP contribution in [0.2, 0.25) is 0 Å². The van der Waals surface area contributed by atoms with Crippen LogP contribution in [0.25, 0.3) is 5.57 Å². The molecule has 4 aromatic carbocycles. The Kier molecular flexibility index (Phi) is 5.91. The number of para-hydroxylation sites is 1. The first kappa shape index (κ1) is 20.6. The molecule has 1 aliphatic carbocycles. The minimum Gasteiger partial charge on any atom is -0.489 e. The molecule has 4 aromatic rings. The Morgan fingerprint density at radius 2 is 1.42 bits per heavy atom. The summed E-state index contributed by atoms with van der Waals surface area (Å²) in [5.74, 6) is 2.29. The Morgan fingerprint density at radius 1 is 0.697 bits per heavy atom. The monoisotopic (exact) mass is 429 g/mol. The van der Waals surface area contributed by atoms with Crippen LogP contribution >= 0.6 is 0 Å². The van der Waals surface area contributed by atoms with Gasteiger partial charge in [-0.05, 0) is 70.5 Å². The Labute approximate surface area is 194 Å².